The van der Waals surface area contributed by atoms with Crippen LogP contribution >= 0.6 is 0 Å². The van der Waals surface area contributed by atoms with E-state index in [4.69, 9.17) is 0 Å². The Kier molecular flexibility index (Phi) is 1.69. The van der Waals surface area contributed by atoms with Gasteiger partial charge in [0.25, 0.3) is 0 Å². The van der Waals surface area contributed by atoms with E-state index < -0.39 is 0 Å². The standard InChI is InChI=1S/C11H18N2O/c1-2-3-9-12-11(6-7-11)10(14)13(9)8-4-5-8/h8-9,12H,2-7H2,1H3. The summed E-state index contributed by atoms with van der Waals surface area (Å²) in [6.45, 7) is 2.19. The number of nitrogens with zero attached hydrogens (tertiary/aromatic N) is 1. The van der Waals surface area contributed by atoms with Gasteiger partial charge in [-0.25, -0.2) is 0 Å². The van der Waals surface area contributed by atoms with E-state index in [9.17, 15) is 4.79 Å². The molecule has 1 aliphatic heterocycles. The fourth-order valence-electron chi connectivity index (χ4n) is 2.58. The van der Waals surface area contributed by atoms with Crippen molar-refractivity contribution in [3.05, 3.63) is 0 Å². The van der Waals surface area contributed by atoms with E-state index in [0.29, 0.717) is 18.1 Å². The van der Waals surface area contributed by atoms with Crippen LogP contribution in [0, 0.1) is 0 Å². The zero-order valence-electron chi connectivity index (χ0n) is 8.75. The smallest absolute Gasteiger partial charge is 0.244 e. The van der Waals surface area contributed by atoms with Crippen LogP contribution in [0.4, 0.5) is 0 Å². The molecule has 2 aliphatic carbocycles. The average Bonchev–Trinajstić information content (AvgIpc) is 2.98. The van der Waals surface area contributed by atoms with Gasteiger partial charge in [0.1, 0.15) is 0 Å². The summed E-state index contributed by atoms with van der Waals surface area (Å²) in [5.41, 5.74) is -0.0948. The van der Waals surface area contributed by atoms with Gasteiger partial charge in [-0.05, 0) is 32.1 Å². The number of hydrogen-bond acceptors (Lipinski definition) is 2. The van der Waals surface area contributed by atoms with Crippen LogP contribution in [-0.4, -0.2) is 28.6 Å². The molecule has 3 aliphatic rings. The van der Waals surface area contributed by atoms with Crippen molar-refractivity contribution < 1.29 is 4.79 Å². The third-order valence-corrected chi connectivity index (χ3v) is 3.67. The van der Waals surface area contributed by atoms with Crippen molar-refractivity contribution in [1.29, 1.82) is 0 Å². The van der Waals surface area contributed by atoms with Crippen LogP contribution in [-0.2, 0) is 4.79 Å². The zero-order valence-corrected chi connectivity index (χ0v) is 8.75. The minimum atomic E-state index is -0.0948. The summed E-state index contributed by atoms with van der Waals surface area (Å²) in [4.78, 5) is 14.3. The van der Waals surface area contributed by atoms with Gasteiger partial charge >= 0.3 is 0 Å². The number of nitrogens with one attached hydrogen (secondary N) is 1. The predicted molar refractivity (Wildman–Crippen MR) is 53.7 cm³/mol. The molecule has 0 aromatic heterocycles. The summed E-state index contributed by atoms with van der Waals surface area (Å²) in [6, 6.07) is 0.575. The van der Waals surface area contributed by atoms with Crippen molar-refractivity contribution in [2.75, 3.05) is 0 Å². The number of amides is 1. The Balaban J connectivity index is 1.80. The molecule has 1 N–H and O–H groups in total. The van der Waals surface area contributed by atoms with Crippen molar-refractivity contribution in [2.45, 2.75) is 63.2 Å². The van der Waals surface area contributed by atoms with E-state index in [1.807, 2.05) is 0 Å². The van der Waals surface area contributed by atoms with E-state index in [-0.39, 0.29) is 5.54 Å². The molecule has 1 unspecified atom stereocenters. The Hall–Kier alpha value is -0.570. The Morgan fingerprint density at radius 3 is 2.71 bits per heavy atom. The summed E-state index contributed by atoms with van der Waals surface area (Å²) in [5, 5.41) is 3.54. The molecular formula is C11H18N2O. The number of carbonyl (C=O) groups excluding carboxylic acids is 1. The molecular weight excluding hydrogens is 176 g/mol. The fraction of sp³-hybridized carbons (Fsp3) is 0.909. The summed E-state index contributed by atoms with van der Waals surface area (Å²) >= 11 is 0. The maximum absolute atomic E-state index is 12.1. The van der Waals surface area contributed by atoms with Gasteiger partial charge in [0.05, 0.1) is 11.7 Å². The summed E-state index contributed by atoms with van der Waals surface area (Å²) < 4.78 is 0. The highest BCUT2D eigenvalue weighted by molar-refractivity contribution is 5.92. The first-order chi connectivity index (χ1) is 6.77. The molecule has 3 rings (SSSR count). The molecule has 1 spiro atoms. The van der Waals surface area contributed by atoms with Crippen molar-refractivity contribution in [3.63, 3.8) is 0 Å². The number of carbonyl (C=O) groups is 1. The third-order valence-electron chi connectivity index (χ3n) is 3.67. The van der Waals surface area contributed by atoms with Gasteiger partial charge in [-0.1, -0.05) is 13.3 Å². The highest BCUT2D eigenvalue weighted by Crippen LogP contribution is 2.46. The molecule has 1 heterocycles. The maximum Gasteiger partial charge on any atom is 0.244 e. The lowest BCUT2D eigenvalue weighted by molar-refractivity contribution is -0.131. The van der Waals surface area contributed by atoms with Crippen LogP contribution in [0.5, 0.6) is 0 Å². The second kappa shape index (κ2) is 2.72. The molecule has 3 heteroatoms. The van der Waals surface area contributed by atoms with E-state index in [1.54, 1.807) is 0 Å². The predicted octanol–water partition coefficient (Wildman–Crippen LogP) is 1.24. The molecule has 0 aromatic rings. The van der Waals surface area contributed by atoms with E-state index in [2.05, 4.69) is 17.1 Å². The summed E-state index contributed by atoms with van der Waals surface area (Å²) in [5.74, 6) is 0.401. The summed E-state index contributed by atoms with van der Waals surface area (Å²) in [7, 11) is 0. The quantitative estimate of drug-likeness (QED) is 0.733. The first-order valence-corrected chi connectivity index (χ1v) is 5.87. The molecule has 2 saturated carbocycles. The molecule has 0 bridgehead atoms. The van der Waals surface area contributed by atoms with Gasteiger partial charge in [0.15, 0.2) is 0 Å². The second-order valence-corrected chi connectivity index (χ2v) is 4.97. The molecule has 78 valence electrons. The molecule has 1 saturated heterocycles. The molecule has 1 amide bonds. The molecule has 1 atom stereocenters. The molecule has 3 nitrogen and oxygen atoms in total. The van der Waals surface area contributed by atoms with E-state index in [0.717, 1.165) is 25.7 Å². The highest BCUT2D eigenvalue weighted by atomic mass is 16.2. The van der Waals surface area contributed by atoms with E-state index >= 15 is 0 Å². The van der Waals surface area contributed by atoms with Crippen molar-refractivity contribution >= 4 is 5.91 Å². The Morgan fingerprint density at radius 2 is 2.21 bits per heavy atom. The van der Waals surface area contributed by atoms with Crippen molar-refractivity contribution in [3.8, 4) is 0 Å². The topological polar surface area (TPSA) is 32.3 Å². The van der Waals surface area contributed by atoms with Gasteiger partial charge in [-0.15, -0.1) is 0 Å². The third kappa shape index (κ3) is 1.11. The summed E-state index contributed by atoms with van der Waals surface area (Å²) in [6.07, 6.45) is 7.20. The Bertz CT molecular complexity index is 268. The molecule has 0 radical (unpaired) electrons. The van der Waals surface area contributed by atoms with Crippen LogP contribution < -0.4 is 5.32 Å². The first-order valence-electron chi connectivity index (χ1n) is 5.87. The SMILES string of the molecule is CCCC1NC2(CC2)C(=O)N1C1CC1. The van der Waals surface area contributed by atoms with Crippen LogP contribution in [0.3, 0.4) is 0 Å². The highest BCUT2D eigenvalue weighted by Gasteiger charge is 2.60. The van der Waals surface area contributed by atoms with Gasteiger partial charge in [-0.3, -0.25) is 10.1 Å². The largest absolute Gasteiger partial charge is 0.323 e. The molecule has 14 heavy (non-hydrogen) atoms. The lowest BCUT2D eigenvalue weighted by Gasteiger charge is -2.23. The molecule has 0 aromatic carbocycles. The normalized spacial score (nSPS) is 34.2. The zero-order chi connectivity index (χ0) is 9.76. The lowest BCUT2D eigenvalue weighted by Crippen LogP contribution is -2.38. The maximum atomic E-state index is 12.1. The van der Waals surface area contributed by atoms with Gasteiger partial charge < -0.3 is 4.90 Å². The van der Waals surface area contributed by atoms with Crippen LogP contribution in [0.2, 0.25) is 0 Å². The first kappa shape index (κ1) is 8.72. The van der Waals surface area contributed by atoms with Crippen molar-refractivity contribution in [1.82, 2.24) is 10.2 Å². The van der Waals surface area contributed by atoms with Crippen LogP contribution in [0.25, 0.3) is 0 Å². The lowest BCUT2D eigenvalue weighted by atomic mass is 10.2. The minimum absolute atomic E-state index is 0.0948. The van der Waals surface area contributed by atoms with Gasteiger partial charge in [0, 0.05) is 6.04 Å². The molecule has 3 fully saturated rings. The average molecular weight is 194 g/mol. The number of hydrogen-bond donors (Lipinski definition) is 1. The van der Waals surface area contributed by atoms with E-state index in [1.165, 1.54) is 12.8 Å². The second-order valence-electron chi connectivity index (χ2n) is 4.97. The fourth-order valence-corrected chi connectivity index (χ4v) is 2.58. The van der Waals surface area contributed by atoms with Crippen molar-refractivity contribution in [2.24, 2.45) is 0 Å². The Labute approximate surface area is 84.8 Å². The monoisotopic (exact) mass is 194 g/mol. The van der Waals surface area contributed by atoms with Gasteiger partial charge in [-0.2, -0.15) is 0 Å². The van der Waals surface area contributed by atoms with Crippen LogP contribution in [0.15, 0.2) is 0 Å². The number of rotatable bonds is 3. The van der Waals surface area contributed by atoms with Crippen LogP contribution in [0.1, 0.15) is 45.4 Å². The Morgan fingerprint density at radius 1 is 1.50 bits per heavy atom. The minimum Gasteiger partial charge on any atom is -0.323 e. The van der Waals surface area contributed by atoms with Gasteiger partial charge in [0.2, 0.25) is 5.91 Å².